The molecule has 1 saturated carbocycles. The number of amides is 2. The van der Waals surface area contributed by atoms with E-state index in [2.05, 4.69) is 5.32 Å². The summed E-state index contributed by atoms with van der Waals surface area (Å²) in [5, 5.41) is 2.15. The van der Waals surface area contributed by atoms with E-state index in [4.69, 9.17) is 5.73 Å². The van der Waals surface area contributed by atoms with Gasteiger partial charge in [-0.25, -0.2) is 8.78 Å². The Bertz CT molecular complexity index is 559. The van der Waals surface area contributed by atoms with Crippen LogP contribution in [0.25, 0.3) is 0 Å². The molecule has 5 nitrogen and oxygen atoms in total. The van der Waals surface area contributed by atoms with Gasteiger partial charge in [0.15, 0.2) is 0 Å². The van der Waals surface area contributed by atoms with Gasteiger partial charge >= 0.3 is 0 Å². The largest absolute Gasteiger partial charge is 0.332 e. The Morgan fingerprint density at radius 2 is 1.86 bits per heavy atom. The molecular weight excluding hydrogens is 316 g/mol. The molecule has 1 aromatic rings. The average Bonchev–Trinajstić information content (AvgIpc) is 3.19. The van der Waals surface area contributed by atoms with Crippen LogP contribution in [-0.4, -0.2) is 35.3 Å². The van der Waals surface area contributed by atoms with Crippen LogP contribution in [0.5, 0.6) is 0 Å². The molecule has 3 N–H and O–H groups in total. The van der Waals surface area contributed by atoms with Gasteiger partial charge in [0.1, 0.15) is 17.3 Å². The van der Waals surface area contributed by atoms with Crippen LogP contribution in [0.15, 0.2) is 18.2 Å². The minimum atomic E-state index is -0.875. The van der Waals surface area contributed by atoms with E-state index in [1.54, 1.807) is 6.92 Å². The quantitative estimate of drug-likeness (QED) is 0.860. The first-order chi connectivity index (χ1) is 9.87. The molecule has 0 radical (unpaired) electrons. The molecule has 8 heteroatoms. The Morgan fingerprint density at radius 1 is 1.32 bits per heavy atom. The Hall–Kier alpha value is -1.73. The zero-order chi connectivity index (χ0) is 15.6. The maximum absolute atomic E-state index is 13.4. The molecule has 0 aromatic heterocycles. The summed E-state index contributed by atoms with van der Waals surface area (Å²) >= 11 is 0. The number of halogens is 3. The van der Waals surface area contributed by atoms with Crippen LogP contribution in [0, 0.1) is 11.6 Å². The minimum Gasteiger partial charge on any atom is -0.332 e. The lowest BCUT2D eigenvalue weighted by Gasteiger charge is -2.23. The molecule has 0 spiro atoms. The number of carbonyl (C=O) groups excluding carboxylic acids is 2. The second-order valence-electron chi connectivity index (χ2n) is 5.12. The molecule has 1 aliphatic carbocycles. The molecule has 2 amide bonds. The van der Waals surface area contributed by atoms with Crippen LogP contribution < -0.4 is 11.1 Å². The normalized spacial score (nSPS) is 14.7. The van der Waals surface area contributed by atoms with Crippen molar-refractivity contribution >= 4 is 29.9 Å². The highest BCUT2D eigenvalue weighted by Crippen LogP contribution is 2.34. The summed E-state index contributed by atoms with van der Waals surface area (Å²) in [6.45, 7) is 1.72. The molecular formula is C14H18ClF2N3O2. The van der Waals surface area contributed by atoms with Crippen molar-refractivity contribution in [3.8, 4) is 0 Å². The number of nitrogens with two attached hydrogens (primary N) is 1. The Morgan fingerprint density at radius 3 is 2.32 bits per heavy atom. The van der Waals surface area contributed by atoms with Crippen molar-refractivity contribution < 1.29 is 18.4 Å². The van der Waals surface area contributed by atoms with Crippen molar-refractivity contribution in [3.63, 3.8) is 0 Å². The smallest absolute Gasteiger partial charge is 0.244 e. The number of anilines is 1. The third kappa shape index (κ3) is 3.92. The second-order valence-corrected chi connectivity index (χ2v) is 5.12. The number of nitrogens with zero attached hydrogens (tertiary/aromatic N) is 1. The minimum absolute atomic E-state index is 0. The first kappa shape index (κ1) is 18.3. The number of hydrogen-bond donors (Lipinski definition) is 2. The summed E-state index contributed by atoms with van der Waals surface area (Å²) in [5.41, 5.74) is 4.41. The third-order valence-electron chi connectivity index (χ3n) is 3.45. The molecule has 2 rings (SSSR count). The number of para-hydroxylation sites is 1. The van der Waals surface area contributed by atoms with Crippen molar-refractivity contribution in [2.24, 2.45) is 5.73 Å². The Kier molecular flexibility index (Phi) is 5.85. The SMILES string of the molecule is CCN(CC(=O)Nc1c(F)cccc1F)C(=O)C1(N)CC1.Cl. The predicted octanol–water partition coefficient (Wildman–Crippen LogP) is 1.66. The van der Waals surface area contributed by atoms with Crippen LogP contribution in [-0.2, 0) is 9.59 Å². The van der Waals surface area contributed by atoms with Gasteiger partial charge < -0.3 is 16.0 Å². The average molecular weight is 334 g/mol. The van der Waals surface area contributed by atoms with E-state index < -0.39 is 28.8 Å². The van der Waals surface area contributed by atoms with Gasteiger partial charge in [-0.2, -0.15) is 0 Å². The van der Waals surface area contributed by atoms with E-state index in [0.717, 1.165) is 12.1 Å². The summed E-state index contributed by atoms with van der Waals surface area (Å²) in [6, 6.07) is 3.29. The lowest BCUT2D eigenvalue weighted by atomic mass is 10.2. The molecule has 1 aliphatic rings. The van der Waals surface area contributed by atoms with E-state index in [-0.39, 0.29) is 24.9 Å². The Balaban J connectivity index is 0.00000242. The maximum atomic E-state index is 13.4. The van der Waals surface area contributed by atoms with Crippen LogP contribution in [0.3, 0.4) is 0 Å². The fourth-order valence-corrected chi connectivity index (χ4v) is 1.96. The van der Waals surface area contributed by atoms with E-state index in [0.29, 0.717) is 19.4 Å². The van der Waals surface area contributed by atoms with Crippen LogP contribution >= 0.6 is 12.4 Å². The molecule has 0 bridgehead atoms. The molecule has 1 fully saturated rings. The van der Waals surface area contributed by atoms with Gasteiger partial charge in [0.25, 0.3) is 0 Å². The fourth-order valence-electron chi connectivity index (χ4n) is 1.96. The third-order valence-corrected chi connectivity index (χ3v) is 3.45. The van der Waals surface area contributed by atoms with Gasteiger partial charge in [-0.15, -0.1) is 12.4 Å². The number of likely N-dealkylation sites (N-methyl/N-ethyl adjacent to an activating group) is 1. The van der Waals surface area contributed by atoms with E-state index in [9.17, 15) is 18.4 Å². The molecule has 0 unspecified atom stereocenters. The van der Waals surface area contributed by atoms with E-state index in [1.165, 1.54) is 11.0 Å². The molecule has 0 saturated heterocycles. The predicted molar refractivity (Wildman–Crippen MR) is 80.6 cm³/mol. The van der Waals surface area contributed by atoms with Crippen molar-refractivity contribution in [1.82, 2.24) is 4.90 Å². The number of hydrogen-bond acceptors (Lipinski definition) is 3. The van der Waals surface area contributed by atoms with Gasteiger partial charge in [-0.05, 0) is 31.9 Å². The molecule has 22 heavy (non-hydrogen) atoms. The summed E-state index contributed by atoms with van der Waals surface area (Å²) < 4.78 is 26.9. The van der Waals surface area contributed by atoms with Crippen LogP contribution in [0.2, 0.25) is 0 Å². The topological polar surface area (TPSA) is 75.4 Å². The first-order valence-electron chi connectivity index (χ1n) is 6.69. The van der Waals surface area contributed by atoms with Crippen molar-refractivity contribution in [3.05, 3.63) is 29.8 Å². The van der Waals surface area contributed by atoms with Gasteiger partial charge in [0, 0.05) is 6.54 Å². The first-order valence-corrected chi connectivity index (χ1v) is 6.69. The van der Waals surface area contributed by atoms with Gasteiger partial charge in [0.2, 0.25) is 11.8 Å². The summed E-state index contributed by atoms with van der Waals surface area (Å²) in [4.78, 5) is 25.2. The van der Waals surface area contributed by atoms with Crippen molar-refractivity contribution in [2.75, 3.05) is 18.4 Å². The number of benzene rings is 1. The maximum Gasteiger partial charge on any atom is 0.244 e. The highest BCUT2D eigenvalue weighted by Gasteiger charge is 2.48. The number of carbonyl (C=O) groups is 2. The zero-order valence-electron chi connectivity index (χ0n) is 12.1. The van der Waals surface area contributed by atoms with E-state index in [1.807, 2.05) is 0 Å². The standard InChI is InChI=1S/C14H17F2N3O2.ClH/c1-2-19(13(21)14(17)6-7-14)8-11(20)18-12-9(15)4-3-5-10(12)16;/h3-5H,2,6-8,17H2,1H3,(H,18,20);1H. The van der Waals surface area contributed by atoms with Gasteiger partial charge in [-0.1, -0.05) is 6.07 Å². The molecule has 122 valence electrons. The zero-order valence-corrected chi connectivity index (χ0v) is 12.9. The summed E-state index contributed by atoms with van der Waals surface area (Å²) in [7, 11) is 0. The molecule has 1 aromatic carbocycles. The lowest BCUT2D eigenvalue weighted by molar-refractivity contribution is -0.136. The highest BCUT2D eigenvalue weighted by atomic mass is 35.5. The number of nitrogens with one attached hydrogen (secondary N) is 1. The van der Waals surface area contributed by atoms with E-state index >= 15 is 0 Å². The number of rotatable bonds is 5. The fraction of sp³-hybridized carbons (Fsp3) is 0.429. The molecule has 0 heterocycles. The van der Waals surface area contributed by atoms with Crippen LogP contribution in [0.1, 0.15) is 19.8 Å². The molecule has 0 atom stereocenters. The van der Waals surface area contributed by atoms with Crippen molar-refractivity contribution in [2.45, 2.75) is 25.3 Å². The lowest BCUT2D eigenvalue weighted by Crippen LogP contribution is -2.48. The monoisotopic (exact) mass is 333 g/mol. The van der Waals surface area contributed by atoms with Crippen LogP contribution in [0.4, 0.5) is 14.5 Å². The Labute approximate surface area is 133 Å². The summed E-state index contributed by atoms with van der Waals surface area (Å²) in [5.74, 6) is -2.71. The second kappa shape index (κ2) is 7.02. The van der Waals surface area contributed by atoms with Gasteiger partial charge in [0.05, 0.1) is 12.1 Å². The highest BCUT2D eigenvalue weighted by molar-refractivity contribution is 5.97. The molecule has 0 aliphatic heterocycles. The van der Waals surface area contributed by atoms with Gasteiger partial charge in [-0.3, -0.25) is 9.59 Å². The van der Waals surface area contributed by atoms with Crippen molar-refractivity contribution in [1.29, 1.82) is 0 Å². The summed E-state index contributed by atoms with van der Waals surface area (Å²) in [6.07, 6.45) is 1.18.